The molecular weight excluding hydrogens is 208 g/mol. The van der Waals surface area contributed by atoms with Crippen LogP contribution in [-0.4, -0.2) is 4.57 Å². The maximum Gasteiger partial charge on any atom is 0.101 e. The van der Waals surface area contributed by atoms with Crippen molar-refractivity contribution in [2.45, 2.75) is 27.7 Å². The number of aromatic nitrogens is 1. The average molecular weight is 224 g/mol. The largest absolute Gasteiger partial charge is 0.317 e. The van der Waals surface area contributed by atoms with E-state index in [9.17, 15) is 0 Å². The number of rotatable bonds is 1. The van der Waals surface area contributed by atoms with Gasteiger partial charge in [0.05, 0.1) is 5.56 Å². The molecule has 0 radical (unpaired) electrons. The molecule has 0 atom stereocenters. The monoisotopic (exact) mass is 224 g/mol. The zero-order valence-electron chi connectivity index (χ0n) is 10.7. The summed E-state index contributed by atoms with van der Waals surface area (Å²) in [7, 11) is 0. The van der Waals surface area contributed by atoms with Crippen LogP contribution in [0.15, 0.2) is 24.3 Å². The minimum Gasteiger partial charge on any atom is -0.317 e. The van der Waals surface area contributed by atoms with E-state index in [4.69, 9.17) is 5.26 Å². The molecule has 0 aliphatic carbocycles. The van der Waals surface area contributed by atoms with Crippen LogP contribution in [0.3, 0.4) is 0 Å². The number of hydrogen-bond donors (Lipinski definition) is 0. The van der Waals surface area contributed by atoms with E-state index in [0.29, 0.717) is 0 Å². The number of benzene rings is 1. The summed E-state index contributed by atoms with van der Waals surface area (Å²) in [6, 6.07) is 10.6. The van der Waals surface area contributed by atoms with Gasteiger partial charge in [-0.1, -0.05) is 6.07 Å². The number of aryl methyl sites for hydroxylation is 3. The van der Waals surface area contributed by atoms with Crippen LogP contribution in [0.5, 0.6) is 0 Å². The summed E-state index contributed by atoms with van der Waals surface area (Å²) in [5, 5.41) is 9.04. The van der Waals surface area contributed by atoms with E-state index in [2.05, 4.69) is 42.7 Å². The lowest BCUT2D eigenvalue weighted by Crippen LogP contribution is -2.00. The molecule has 0 bridgehead atoms. The van der Waals surface area contributed by atoms with Crippen LogP contribution in [0.25, 0.3) is 5.69 Å². The van der Waals surface area contributed by atoms with Gasteiger partial charge in [0.2, 0.25) is 0 Å². The highest BCUT2D eigenvalue weighted by atomic mass is 15.0. The first-order chi connectivity index (χ1) is 8.04. The summed E-state index contributed by atoms with van der Waals surface area (Å²) in [4.78, 5) is 0. The SMILES string of the molecule is Cc1ccc(-n2c(C)cc(C#N)c2C)cc1C. The first-order valence-corrected chi connectivity index (χ1v) is 5.71. The Kier molecular flexibility index (Phi) is 2.77. The molecule has 2 nitrogen and oxygen atoms in total. The van der Waals surface area contributed by atoms with Crippen LogP contribution in [0.4, 0.5) is 0 Å². The Bertz CT molecular complexity index is 613. The minimum absolute atomic E-state index is 0.751. The van der Waals surface area contributed by atoms with Crippen LogP contribution >= 0.6 is 0 Å². The molecule has 2 rings (SSSR count). The maximum absolute atomic E-state index is 9.04. The predicted octanol–water partition coefficient (Wildman–Crippen LogP) is 3.58. The number of nitrogens with zero attached hydrogens (tertiary/aromatic N) is 2. The Balaban J connectivity index is 2.65. The first kappa shape index (κ1) is 11.5. The molecule has 0 aliphatic heterocycles. The summed E-state index contributed by atoms with van der Waals surface area (Å²) in [5.74, 6) is 0. The van der Waals surface area contributed by atoms with E-state index < -0.39 is 0 Å². The number of hydrogen-bond acceptors (Lipinski definition) is 1. The van der Waals surface area contributed by atoms with E-state index in [-0.39, 0.29) is 0 Å². The van der Waals surface area contributed by atoms with Crippen molar-refractivity contribution < 1.29 is 0 Å². The fourth-order valence-electron chi connectivity index (χ4n) is 2.14. The first-order valence-electron chi connectivity index (χ1n) is 5.71. The van der Waals surface area contributed by atoms with Crippen LogP contribution in [0, 0.1) is 39.0 Å². The summed E-state index contributed by atoms with van der Waals surface area (Å²) in [5.41, 5.74) is 6.55. The molecular formula is C15H16N2. The van der Waals surface area contributed by atoms with Crippen LogP contribution in [-0.2, 0) is 0 Å². The van der Waals surface area contributed by atoms with Gasteiger partial charge < -0.3 is 4.57 Å². The Morgan fingerprint density at radius 2 is 1.71 bits per heavy atom. The van der Waals surface area contributed by atoms with Gasteiger partial charge in [-0.25, -0.2) is 0 Å². The number of nitriles is 1. The van der Waals surface area contributed by atoms with Crippen molar-refractivity contribution in [2.24, 2.45) is 0 Å². The van der Waals surface area contributed by atoms with Gasteiger partial charge in [0.15, 0.2) is 0 Å². The molecule has 0 amide bonds. The van der Waals surface area contributed by atoms with Crippen molar-refractivity contribution in [3.63, 3.8) is 0 Å². The Labute approximate surface area is 102 Å². The molecule has 0 aliphatic rings. The van der Waals surface area contributed by atoms with Crippen LogP contribution < -0.4 is 0 Å². The van der Waals surface area contributed by atoms with Gasteiger partial charge in [0, 0.05) is 17.1 Å². The van der Waals surface area contributed by atoms with Crippen molar-refractivity contribution in [1.82, 2.24) is 4.57 Å². The van der Waals surface area contributed by atoms with Crippen LogP contribution in [0.2, 0.25) is 0 Å². The lowest BCUT2D eigenvalue weighted by atomic mass is 10.1. The van der Waals surface area contributed by atoms with E-state index in [0.717, 1.165) is 22.6 Å². The third-order valence-corrected chi connectivity index (χ3v) is 3.30. The molecule has 0 spiro atoms. The summed E-state index contributed by atoms with van der Waals surface area (Å²) in [6.45, 7) is 8.23. The van der Waals surface area contributed by atoms with Gasteiger partial charge in [-0.2, -0.15) is 5.26 Å². The summed E-state index contributed by atoms with van der Waals surface area (Å²) >= 11 is 0. The molecule has 1 aromatic carbocycles. The van der Waals surface area contributed by atoms with Gasteiger partial charge in [-0.15, -0.1) is 0 Å². The molecule has 0 saturated carbocycles. The third kappa shape index (κ3) is 1.85. The minimum atomic E-state index is 0.751. The van der Waals surface area contributed by atoms with Gasteiger partial charge in [0.25, 0.3) is 0 Å². The van der Waals surface area contributed by atoms with Crippen molar-refractivity contribution in [3.05, 3.63) is 52.3 Å². The Morgan fingerprint density at radius 1 is 1.00 bits per heavy atom. The second kappa shape index (κ2) is 4.10. The maximum atomic E-state index is 9.04. The normalized spacial score (nSPS) is 10.3. The average Bonchev–Trinajstić information content (AvgIpc) is 2.58. The Hall–Kier alpha value is -2.01. The smallest absolute Gasteiger partial charge is 0.101 e. The van der Waals surface area contributed by atoms with Gasteiger partial charge in [-0.3, -0.25) is 0 Å². The highest BCUT2D eigenvalue weighted by molar-refractivity contribution is 5.47. The van der Waals surface area contributed by atoms with E-state index in [1.807, 2.05) is 19.9 Å². The fourth-order valence-corrected chi connectivity index (χ4v) is 2.14. The Morgan fingerprint density at radius 3 is 2.24 bits per heavy atom. The molecule has 0 saturated heterocycles. The van der Waals surface area contributed by atoms with Crippen molar-refractivity contribution in [2.75, 3.05) is 0 Å². The lowest BCUT2D eigenvalue weighted by Gasteiger charge is -2.11. The standard InChI is InChI=1S/C15H16N2/c1-10-5-6-15(7-11(10)2)17-12(3)8-14(9-16)13(17)4/h5-8H,1-4H3. The van der Waals surface area contributed by atoms with E-state index in [1.54, 1.807) is 0 Å². The van der Waals surface area contributed by atoms with Gasteiger partial charge >= 0.3 is 0 Å². The van der Waals surface area contributed by atoms with Crippen LogP contribution in [0.1, 0.15) is 28.1 Å². The lowest BCUT2D eigenvalue weighted by molar-refractivity contribution is 0.960. The van der Waals surface area contributed by atoms with E-state index in [1.165, 1.54) is 11.1 Å². The summed E-state index contributed by atoms with van der Waals surface area (Å²) < 4.78 is 2.13. The van der Waals surface area contributed by atoms with Crippen molar-refractivity contribution >= 4 is 0 Å². The van der Waals surface area contributed by atoms with Gasteiger partial charge in [-0.05, 0) is 57.0 Å². The highest BCUT2D eigenvalue weighted by Gasteiger charge is 2.10. The molecule has 0 unspecified atom stereocenters. The molecule has 86 valence electrons. The summed E-state index contributed by atoms with van der Waals surface area (Å²) in [6.07, 6.45) is 0. The zero-order valence-corrected chi connectivity index (χ0v) is 10.7. The van der Waals surface area contributed by atoms with Crippen molar-refractivity contribution in [1.29, 1.82) is 5.26 Å². The van der Waals surface area contributed by atoms with E-state index >= 15 is 0 Å². The molecule has 2 heteroatoms. The fraction of sp³-hybridized carbons (Fsp3) is 0.267. The van der Waals surface area contributed by atoms with Gasteiger partial charge in [0.1, 0.15) is 6.07 Å². The molecule has 2 aromatic rings. The molecule has 0 N–H and O–H groups in total. The third-order valence-electron chi connectivity index (χ3n) is 3.30. The van der Waals surface area contributed by atoms with Crippen molar-refractivity contribution in [3.8, 4) is 11.8 Å². The second-order valence-corrected chi connectivity index (χ2v) is 4.50. The molecule has 1 aromatic heterocycles. The molecule has 1 heterocycles. The second-order valence-electron chi connectivity index (χ2n) is 4.50. The quantitative estimate of drug-likeness (QED) is 0.727. The molecule has 0 fully saturated rings. The topological polar surface area (TPSA) is 28.7 Å². The predicted molar refractivity (Wildman–Crippen MR) is 69.4 cm³/mol. The highest BCUT2D eigenvalue weighted by Crippen LogP contribution is 2.21. The molecule has 17 heavy (non-hydrogen) atoms. The zero-order chi connectivity index (χ0) is 12.6.